The Morgan fingerprint density at radius 1 is 1.24 bits per heavy atom. The van der Waals surface area contributed by atoms with E-state index < -0.39 is 33.7 Å². The van der Waals surface area contributed by atoms with Gasteiger partial charge in [-0.05, 0) is 30.3 Å². The van der Waals surface area contributed by atoms with Gasteiger partial charge in [0.2, 0.25) is 15.9 Å². The molecule has 14 heteroatoms. The molecule has 1 fully saturated rings. The second-order valence-electron chi connectivity index (χ2n) is 7.41. The molecular formula is C20H23F3N4O6S. The summed E-state index contributed by atoms with van der Waals surface area (Å²) in [6.07, 6.45) is -2.89. The van der Waals surface area contributed by atoms with E-state index in [1.807, 2.05) is 0 Å². The number of morpholine rings is 1. The highest BCUT2D eigenvalue weighted by Gasteiger charge is 2.33. The molecule has 186 valence electrons. The number of carbonyl (C=O) groups is 1. The molecule has 0 spiro atoms. The van der Waals surface area contributed by atoms with Gasteiger partial charge in [0.25, 0.3) is 5.91 Å². The lowest BCUT2D eigenvalue weighted by Crippen LogP contribution is -2.56. The van der Waals surface area contributed by atoms with E-state index in [2.05, 4.69) is 4.98 Å². The number of pyridine rings is 1. The Kier molecular flexibility index (Phi) is 7.97. The average Bonchev–Trinajstić information content (AvgIpc) is 2.79. The lowest BCUT2D eigenvalue weighted by atomic mass is 10.2. The minimum atomic E-state index is -4.52. The van der Waals surface area contributed by atoms with Gasteiger partial charge in [0.15, 0.2) is 0 Å². The van der Waals surface area contributed by atoms with E-state index >= 15 is 0 Å². The van der Waals surface area contributed by atoms with Crippen LogP contribution in [0.25, 0.3) is 0 Å². The van der Waals surface area contributed by atoms with Crippen LogP contribution >= 0.6 is 0 Å². The summed E-state index contributed by atoms with van der Waals surface area (Å²) in [5, 5.41) is 9.15. The van der Waals surface area contributed by atoms with Gasteiger partial charge < -0.3 is 9.47 Å². The first-order valence-corrected chi connectivity index (χ1v) is 11.9. The van der Waals surface area contributed by atoms with Crippen molar-refractivity contribution in [1.82, 2.24) is 15.4 Å². The van der Waals surface area contributed by atoms with Crippen molar-refractivity contribution in [1.29, 1.82) is 0 Å². The molecule has 3 rings (SSSR count). The number of hydroxylamine groups is 1. The topological polar surface area (TPSA) is 121 Å². The Hall–Kier alpha value is -2.94. The van der Waals surface area contributed by atoms with Gasteiger partial charge in [-0.25, -0.2) is 18.9 Å². The smallest absolute Gasteiger partial charge is 0.417 e. The van der Waals surface area contributed by atoms with Gasteiger partial charge in [-0.1, -0.05) is 0 Å². The fourth-order valence-corrected chi connectivity index (χ4v) is 4.24. The molecule has 1 aromatic carbocycles. The second-order valence-corrected chi connectivity index (χ2v) is 9.32. The Morgan fingerprint density at radius 3 is 2.38 bits per heavy atom. The van der Waals surface area contributed by atoms with Crippen molar-refractivity contribution in [2.75, 3.05) is 43.4 Å². The van der Waals surface area contributed by atoms with E-state index in [0.29, 0.717) is 32.5 Å². The van der Waals surface area contributed by atoms with Gasteiger partial charge >= 0.3 is 6.18 Å². The minimum Gasteiger partial charge on any atom is -0.439 e. The molecule has 1 aliphatic heterocycles. The van der Waals surface area contributed by atoms with Crippen molar-refractivity contribution >= 4 is 21.6 Å². The molecule has 1 amide bonds. The average molecular weight is 504 g/mol. The van der Waals surface area contributed by atoms with Gasteiger partial charge in [-0.3, -0.25) is 19.2 Å². The van der Waals surface area contributed by atoms with Crippen molar-refractivity contribution in [2.45, 2.75) is 12.2 Å². The SMILES string of the molecule is CS(=O)(=O)N(CC(C(=O)NO)N1CCOCC1)c1ccc(Oc2ccc(C(F)(F)F)cn2)cc1. The maximum Gasteiger partial charge on any atom is 0.417 e. The van der Waals surface area contributed by atoms with Crippen LogP contribution in [-0.2, 0) is 25.7 Å². The molecular weight excluding hydrogens is 481 g/mol. The summed E-state index contributed by atoms with van der Waals surface area (Å²) in [5.74, 6) is -0.626. The number of nitrogens with one attached hydrogen (secondary N) is 1. The summed E-state index contributed by atoms with van der Waals surface area (Å²) in [5.41, 5.74) is 0.886. The fourth-order valence-electron chi connectivity index (χ4n) is 3.33. The van der Waals surface area contributed by atoms with Crippen LogP contribution in [0.1, 0.15) is 5.56 Å². The Bertz CT molecular complexity index is 1070. The number of anilines is 1. The first-order valence-electron chi connectivity index (χ1n) is 10.0. The summed E-state index contributed by atoms with van der Waals surface area (Å²) in [6.45, 7) is 1.20. The molecule has 1 unspecified atom stereocenters. The highest BCUT2D eigenvalue weighted by Crippen LogP contribution is 2.30. The number of ether oxygens (including phenoxy) is 2. The first-order chi connectivity index (χ1) is 16.0. The van der Waals surface area contributed by atoms with E-state index in [1.54, 1.807) is 10.4 Å². The van der Waals surface area contributed by atoms with Crippen molar-refractivity contribution in [3.8, 4) is 11.6 Å². The largest absolute Gasteiger partial charge is 0.439 e. The monoisotopic (exact) mass is 504 g/mol. The molecule has 1 atom stereocenters. The van der Waals surface area contributed by atoms with Crippen molar-refractivity contribution in [2.24, 2.45) is 0 Å². The van der Waals surface area contributed by atoms with Gasteiger partial charge in [0, 0.05) is 25.4 Å². The minimum absolute atomic E-state index is 0.0762. The quantitative estimate of drug-likeness (QED) is 0.413. The van der Waals surface area contributed by atoms with Crippen LogP contribution in [0.3, 0.4) is 0 Å². The summed E-state index contributed by atoms with van der Waals surface area (Å²) in [7, 11) is -3.83. The Balaban J connectivity index is 1.78. The summed E-state index contributed by atoms with van der Waals surface area (Å²) >= 11 is 0. The molecule has 0 saturated carbocycles. The molecule has 2 aromatic rings. The fraction of sp³-hybridized carbons (Fsp3) is 0.400. The lowest BCUT2D eigenvalue weighted by molar-refractivity contribution is -0.138. The third-order valence-electron chi connectivity index (χ3n) is 5.05. The molecule has 0 aliphatic carbocycles. The van der Waals surface area contributed by atoms with E-state index in [9.17, 15) is 26.4 Å². The van der Waals surface area contributed by atoms with Crippen molar-refractivity contribution in [3.63, 3.8) is 0 Å². The molecule has 34 heavy (non-hydrogen) atoms. The highest BCUT2D eigenvalue weighted by atomic mass is 32.2. The maximum absolute atomic E-state index is 12.7. The number of sulfonamides is 1. The van der Waals surface area contributed by atoms with Crippen LogP contribution in [0.5, 0.6) is 11.6 Å². The lowest BCUT2D eigenvalue weighted by Gasteiger charge is -2.36. The number of aromatic nitrogens is 1. The number of benzene rings is 1. The molecule has 2 N–H and O–H groups in total. The molecule has 10 nitrogen and oxygen atoms in total. The first kappa shape index (κ1) is 25.7. The molecule has 1 aromatic heterocycles. The number of amides is 1. The Morgan fingerprint density at radius 2 is 1.88 bits per heavy atom. The van der Waals surface area contributed by atoms with E-state index in [0.717, 1.165) is 22.7 Å². The van der Waals surface area contributed by atoms with Crippen LogP contribution in [0.15, 0.2) is 42.6 Å². The number of alkyl halides is 3. The predicted molar refractivity (Wildman–Crippen MR) is 114 cm³/mol. The highest BCUT2D eigenvalue weighted by molar-refractivity contribution is 7.92. The number of hydrogen-bond donors (Lipinski definition) is 2. The van der Waals surface area contributed by atoms with Crippen LogP contribution in [-0.4, -0.2) is 74.6 Å². The number of hydrogen-bond acceptors (Lipinski definition) is 8. The third kappa shape index (κ3) is 6.56. The van der Waals surface area contributed by atoms with Gasteiger partial charge in [-0.2, -0.15) is 13.2 Å². The Labute approximate surface area is 193 Å². The van der Waals surface area contributed by atoms with Gasteiger partial charge in [-0.15, -0.1) is 0 Å². The van der Waals surface area contributed by atoms with E-state index in [1.165, 1.54) is 24.3 Å². The normalized spacial score (nSPS) is 16.0. The zero-order valence-electron chi connectivity index (χ0n) is 18.0. The van der Waals surface area contributed by atoms with Crippen LogP contribution in [0, 0.1) is 0 Å². The molecule has 1 saturated heterocycles. The third-order valence-corrected chi connectivity index (χ3v) is 6.21. The van der Waals surface area contributed by atoms with Crippen LogP contribution < -0.4 is 14.5 Å². The zero-order chi connectivity index (χ0) is 24.9. The van der Waals surface area contributed by atoms with Crippen LogP contribution in [0.2, 0.25) is 0 Å². The summed E-state index contributed by atoms with van der Waals surface area (Å²) in [4.78, 5) is 17.6. The number of nitrogens with zero attached hydrogens (tertiary/aromatic N) is 3. The van der Waals surface area contributed by atoms with Crippen molar-refractivity contribution < 1.29 is 41.1 Å². The van der Waals surface area contributed by atoms with Crippen molar-refractivity contribution in [3.05, 3.63) is 48.2 Å². The molecule has 0 bridgehead atoms. The second kappa shape index (κ2) is 10.5. The van der Waals surface area contributed by atoms with Crippen LogP contribution in [0.4, 0.5) is 18.9 Å². The molecule has 2 heterocycles. The number of halogens is 3. The molecule has 0 radical (unpaired) electrons. The summed E-state index contributed by atoms with van der Waals surface area (Å²) < 4.78 is 74.7. The predicted octanol–water partition coefficient (Wildman–Crippen LogP) is 1.86. The summed E-state index contributed by atoms with van der Waals surface area (Å²) in [6, 6.07) is 6.61. The van der Waals surface area contributed by atoms with E-state index in [-0.39, 0.29) is 23.9 Å². The molecule has 1 aliphatic rings. The maximum atomic E-state index is 12.7. The van der Waals surface area contributed by atoms with Gasteiger partial charge in [0.05, 0.1) is 37.3 Å². The number of rotatable bonds is 8. The van der Waals surface area contributed by atoms with E-state index in [4.69, 9.17) is 14.7 Å². The number of carbonyl (C=O) groups excluding carboxylic acids is 1. The standard InChI is InChI=1S/C20H23F3N4O6S/c1-34(30,31)27(13-17(19(28)25-29)26-8-10-32-11-9-26)15-3-5-16(6-4-15)33-18-7-2-14(12-24-18)20(21,22)23/h2-7,12,17,29H,8-11,13H2,1H3,(H,25,28). The van der Waals surface area contributed by atoms with Gasteiger partial charge in [0.1, 0.15) is 11.8 Å². The zero-order valence-corrected chi connectivity index (χ0v) is 18.8.